The van der Waals surface area contributed by atoms with Crippen LogP contribution in [0, 0.1) is 5.82 Å². The third-order valence-electron chi connectivity index (χ3n) is 1.61. The van der Waals surface area contributed by atoms with E-state index in [1.54, 1.807) is 0 Å². The van der Waals surface area contributed by atoms with E-state index in [4.69, 9.17) is 5.11 Å². The van der Waals surface area contributed by atoms with Crippen molar-refractivity contribution in [2.45, 2.75) is 6.61 Å². The second-order valence-electron chi connectivity index (χ2n) is 2.38. The molecule has 0 fully saturated rings. The highest BCUT2D eigenvalue weighted by atomic mass is 19.1. The van der Waals surface area contributed by atoms with Crippen LogP contribution in [0.1, 0.15) is 5.69 Å². The summed E-state index contributed by atoms with van der Waals surface area (Å²) < 4.78 is 12.6. The minimum absolute atomic E-state index is 0.193. The van der Waals surface area contributed by atoms with Crippen LogP contribution in [-0.2, 0) is 6.61 Å². The monoisotopic (exact) mass is 167 g/mol. The molecule has 2 N–H and O–H groups in total. The van der Waals surface area contributed by atoms with Gasteiger partial charge < -0.3 is 5.11 Å². The van der Waals surface area contributed by atoms with Gasteiger partial charge in [-0.3, -0.25) is 5.10 Å². The molecule has 0 aliphatic heterocycles. The smallest absolute Gasteiger partial charge is 0.181 e. The van der Waals surface area contributed by atoms with Gasteiger partial charge in [0.1, 0.15) is 5.82 Å². The number of pyridine rings is 1. The van der Waals surface area contributed by atoms with Crippen molar-refractivity contribution in [3.63, 3.8) is 0 Å². The van der Waals surface area contributed by atoms with Gasteiger partial charge in [-0.15, -0.1) is 0 Å². The van der Waals surface area contributed by atoms with Gasteiger partial charge in [0, 0.05) is 5.39 Å². The molecule has 2 heterocycles. The number of aromatic nitrogens is 3. The number of nitrogens with zero attached hydrogens (tertiary/aromatic N) is 2. The van der Waals surface area contributed by atoms with E-state index < -0.39 is 5.82 Å². The molecule has 0 radical (unpaired) electrons. The predicted molar refractivity (Wildman–Crippen MR) is 39.8 cm³/mol. The molecule has 0 aromatic carbocycles. The second kappa shape index (κ2) is 2.53. The first-order chi connectivity index (χ1) is 5.81. The van der Waals surface area contributed by atoms with Crippen LogP contribution < -0.4 is 0 Å². The van der Waals surface area contributed by atoms with E-state index in [-0.39, 0.29) is 6.61 Å². The molecule has 0 spiro atoms. The van der Waals surface area contributed by atoms with Gasteiger partial charge in [0.05, 0.1) is 18.5 Å². The Labute approximate surface area is 67.1 Å². The van der Waals surface area contributed by atoms with Crippen molar-refractivity contribution in [3.05, 3.63) is 23.8 Å². The Morgan fingerprint density at radius 1 is 1.58 bits per heavy atom. The first-order valence-electron chi connectivity index (χ1n) is 3.40. The lowest BCUT2D eigenvalue weighted by molar-refractivity contribution is 0.278. The third-order valence-corrected chi connectivity index (χ3v) is 1.61. The van der Waals surface area contributed by atoms with E-state index in [9.17, 15) is 4.39 Å². The average Bonchev–Trinajstić information content (AvgIpc) is 2.46. The van der Waals surface area contributed by atoms with E-state index >= 15 is 0 Å². The SMILES string of the molecule is OCc1[nH]nc2ncc(F)cc12. The van der Waals surface area contributed by atoms with Crippen molar-refractivity contribution in [2.75, 3.05) is 0 Å². The second-order valence-corrected chi connectivity index (χ2v) is 2.38. The molecule has 0 aliphatic rings. The van der Waals surface area contributed by atoms with E-state index in [0.29, 0.717) is 16.7 Å². The standard InChI is InChI=1S/C7H6FN3O/c8-4-1-5-6(3-12)10-11-7(5)9-2-4/h1-2,12H,3H2,(H,9,10,11). The molecule has 0 aliphatic carbocycles. The van der Waals surface area contributed by atoms with Crippen LogP contribution >= 0.6 is 0 Å². The zero-order valence-electron chi connectivity index (χ0n) is 6.08. The normalized spacial score (nSPS) is 10.8. The molecule has 0 amide bonds. The number of aliphatic hydroxyl groups is 1. The zero-order chi connectivity index (χ0) is 8.55. The highest BCUT2D eigenvalue weighted by Gasteiger charge is 2.05. The van der Waals surface area contributed by atoms with Crippen LogP contribution in [0.5, 0.6) is 0 Å². The van der Waals surface area contributed by atoms with Gasteiger partial charge in [-0.05, 0) is 6.07 Å². The minimum atomic E-state index is -0.432. The van der Waals surface area contributed by atoms with Crippen LogP contribution in [0.25, 0.3) is 11.0 Å². The largest absolute Gasteiger partial charge is 0.390 e. The van der Waals surface area contributed by atoms with Crippen LogP contribution in [0.2, 0.25) is 0 Å². The molecule has 12 heavy (non-hydrogen) atoms. The third kappa shape index (κ3) is 0.947. The Bertz CT molecular complexity index is 412. The molecule has 2 aromatic heterocycles. The number of aromatic amines is 1. The van der Waals surface area contributed by atoms with Crippen LogP contribution in [0.15, 0.2) is 12.3 Å². The number of H-pyrrole nitrogens is 1. The molecule has 0 saturated heterocycles. The number of halogens is 1. The quantitative estimate of drug-likeness (QED) is 0.653. The van der Waals surface area contributed by atoms with E-state index in [0.717, 1.165) is 6.20 Å². The van der Waals surface area contributed by atoms with Crippen molar-refractivity contribution in [1.29, 1.82) is 0 Å². The predicted octanol–water partition coefficient (Wildman–Crippen LogP) is 0.589. The Balaban J connectivity index is 2.75. The lowest BCUT2D eigenvalue weighted by Gasteiger charge is -1.90. The molecule has 4 nitrogen and oxygen atoms in total. The maximum absolute atomic E-state index is 12.6. The summed E-state index contributed by atoms with van der Waals surface area (Å²) in [4.78, 5) is 3.72. The fraction of sp³-hybridized carbons (Fsp3) is 0.143. The first-order valence-corrected chi connectivity index (χ1v) is 3.40. The average molecular weight is 167 g/mol. The number of hydrogen-bond donors (Lipinski definition) is 2. The molecule has 0 bridgehead atoms. The van der Waals surface area contributed by atoms with Gasteiger partial charge in [-0.25, -0.2) is 9.37 Å². The summed E-state index contributed by atoms with van der Waals surface area (Å²) >= 11 is 0. The summed E-state index contributed by atoms with van der Waals surface area (Å²) in [6.07, 6.45) is 1.09. The van der Waals surface area contributed by atoms with Crippen molar-refractivity contribution in [3.8, 4) is 0 Å². The number of hydrogen-bond acceptors (Lipinski definition) is 3. The summed E-state index contributed by atoms with van der Waals surface area (Å²) in [5.41, 5.74) is 0.900. The molecule has 5 heteroatoms. The van der Waals surface area contributed by atoms with E-state index in [1.807, 2.05) is 0 Å². The molecule has 0 unspecified atom stereocenters. The fourth-order valence-corrected chi connectivity index (χ4v) is 1.04. The van der Waals surface area contributed by atoms with Gasteiger partial charge >= 0.3 is 0 Å². The maximum atomic E-state index is 12.6. The van der Waals surface area contributed by atoms with Crippen LogP contribution in [0.3, 0.4) is 0 Å². The van der Waals surface area contributed by atoms with Gasteiger partial charge in [-0.2, -0.15) is 5.10 Å². The lowest BCUT2D eigenvalue weighted by atomic mass is 10.3. The molecular formula is C7H6FN3O. The first kappa shape index (κ1) is 7.17. The van der Waals surface area contributed by atoms with Gasteiger partial charge in [0.2, 0.25) is 0 Å². The van der Waals surface area contributed by atoms with Crippen molar-refractivity contribution < 1.29 is 9.50 Å². The number of aliphatic hydroxyl groups excluding tert-OH is 1. The van der Waals surface area contributed by atoms with E-state index in [1.165, 1.54) is 6.07 Å². The summed E-state index contributed by atoms with van der Waals surface area (Å²) in [5.74, 6) is -0.432. The molecule has 0 atom stereocenters. The number of rotatable bonds is 1. The van der Waals surface area contributed by atoms with Gasteiger partial charge in [0.25, 0.3) is 0 Å². The summed E-state index contributed by atoms with van der Waals surface area (Å²) in [5, 5.41) is 15.6. The van der Waals surface area contributed by atoms with Crippen molar-refractivity contribution >= 4 is 11.0 Å². The highest BCUT2D eigenvalue weighted by molar-refractivity contribution is 5.77. The molecular weight excluding hydrogens is 161 g/mol. The molecule has 0 saturated carbocycles. The molecule has 2 rings (SSSR count). The fourth-order valence-electron chi connectivity index (χ4n) is 1.04. The number of nitrogens with one attached hydrogen (secondary N) is 1. The van der Waals surface area contributed by atoms with Gasteiger partial charge in [-0.1, -0.05) is 0 Å². The molecule has 2 aromatic rings. The molecule has 62 valence electrons. The van der Waals surface area contributed by atoms with Crippen LogP contribution in [-0.4, -0.2) is 20.3 Å². The summed E-state index contributed by atoms with van der Waals surface area (Å²) in [6, 6.07) is 1.29. The van der Waals surface area contributed by atoms with Gasteiger partial charge in [0.15, 0.2) is 5.65 Å². The maximum Gasteiger partial charge on any atom is 0.181 e. The summed E-state index contributed by atoms with van der Waals surface area (Å²) in [7, 11) is 0. The Morgan fingerprint density at radius 3 is 3.17 bits per heavy atom. The topological polar surface area (TPSA) is 61.8 Å². The van der Waals surface area contributed by atoms with E-state index in [2.05, 4.69) is 15.2 Å². The zero-order valence-corrected chi connectivity index (χ0v) is 6.08. The highest BCUT2D eigenvalue weighted by Crippen LogP contribution is 2.13. The summed E-state index contributed by atoms with van der Waals surface area (Å²) in [6.45, 7) is -0.193. The lowest BCUT2D eigenvalue weighted by Crippen LogP contribution is -1.84. The van der Waals surface area contributed by atoms with Crippen molar-refractivity contribution in [1.82, 2.24) is 15.2 Å². The Morgan fingerprint density at radius 2 is 2.42 bits per heavy atom. The Hall–Kier alpha value is -1.49. The number of fused-ring (bicyclic) bond motifs is 1. The van der Waals surface area contributed by atoms with Crippen molar-refractivity contribution in [2.24, 2.45) is 0 Å². The minimum Gasteiger partial charge on any atom is -0.390 e. The Kier molecular flexibility index (Phi) is 1.51. The van der Waals surface area contributed by atoms with Crippen LogP contribution in [0.4, 0.5) is 4.39 Å².